The van der Waals surface area contributed by atoms with Crippen LogP contribution in [0, 0.1) is 12.8 Å². The predicted molar refractivity (Wildman–Crippen MR) is 91.9 cm³/mol. The van der Waals surface area contributed by atoms with E-state index in [1.54, 1.807) is 6.92 Å². The Morgan fingerprint density at radius 3 is 2.71 bits per heavy atom. The van der Waals surface area contributed by atoms with Gasteiger partial charge in [0.2, 0.25) is 11.8 Å². The van der Waals surface area contributed by atoms with Crippen LogP contribution in [0.4, 0.5) is 0 Å². The maximum Gasteiger partial charge on any atom is 0.247 e. The van der Waals surface area contributed by atoms with Crippen molar-refractivity contribution in [3.63, 3.8) is 0 Å². The number of hydrogen-bond donors (Lipinski definition) is 0. The molecule has 5 heteroatoms. The van der Waals surface area contributed by atoms with E-state index < -0.39 is 0 Å². The van der Waals surface area contributed by atoms with Gasteiger partial charge in [0.05, 0.1) is 6.61 Å². The van der Waals surface area contributed by atoms with Crippen molar-refractivity contribution < 1.29 is 9.15 Å². The first-order valence-electron chi connectivity index (χ1n) is 9.07. The summed E-state index contributed by atoms with van der Waals surface area (Å²) in [6.07, 6.45) is 6.67. The quantitative estimate of drug-likeness (QED) is 0.857. The summed E-state index contributed by atoms with van der Waals surface area (Å²) in [5.41, 5.74) is 0.930. The molecule has 0 N–H and O–H groups in total. The van der Waals surface area contributed by atoms with Crippen molar-refractivity contribution in [1.29, 1.82) is 0 Å². The number of nitrogens with zero attached hydrogens (tertiary/aromatic N) is 3. The van der Waals surface area contributed by atoms with Crippen LogP contribution in [0.1, 0.15) is 38.0 Å². The topological polar surface area (TPSA) is 51.4 Å². The van der Waals surface area contributed by atoms with Gasteiger partial charge in [-0.3, -0.25) is 4.90 Å². The second-order valence-corrected chi connectivity index (χ2v) is 6.96. The second kappa shape index (κ2) is 6.93. The lowest BCUT2D eigenvalue weighted by Gasteiger charge is -2.44. The second-order valence-electron chi connectivity index (χ2n) is 6.96. The van der Waals surface area contributed by atoms with Crippen LogP contribution in [-0.2, 0) is 0 Å². The molecule has 0 bridgehead atoms. The lowest BCUT2D eigenvalue weighted by Crippen LogP contribution is -2.49. The SMILES string of the molecule is Cc1nnc(-c2ccc(OCC3CCCN4CCCC[C@@H]34)cc2)o1. The monoisotopic (exact) mass is 327 g/mol. The minimum atomic E-state index is 0.559. The molecule has 0 spiro atoms. The summed E-state index contributed by atoms with van der Waals surface area (Å²) in [6.45, 7) is 5.17. The summed E-state index contributed by atoms with van der Waals surface area (Å²) in [6, 6.07) is 8.69. The van der Waals surface area contributed by atoms with Gasteiger partial charge < -0.3 is 9.15 Å². The summed E-state index contributed by atoms with van der Waals surface area (Å²) in [5.74, 6) is 2.73. The number of piperidine rings is 2. The van der Waals surface area contributed by atoms with E-state index in [-0.39, 0.29) is 0 Å². The number of ether oxygens (including phenoxy) is 1. The minimum absolute atomic E-state index is 0.559. The van der Waals surface area contributed by atoms with Crippen LogP contribution < -0.4 is 4.74 Å². The molecule has 2 aliphatic heterocycles. The summed E-state index contributed by atoms with van der Waals surface area (Å²) in [7, 11) is 0. The van der Waals surface area contributed by atoms with Gasteiger partial charge in [0.1, 0.15) is 5.75 Å². The normalized spacial score (nSPS) is 24.5. The van der Waals surface area contributed by atoms with Crippen LogP contribution in [0.2, 0.25) is 0 Å². The summed E-state index contributed by atoms with van der Waals surface area (Å²) in [4.78, 5) is 2.68. The molecule has 2 saturated heterocycles. The lowest BCUT2D eigenvalue weighted by molar-refractivity contribution is 0.0366. The first kappa shape index (κ1) is 15.6. The van der Waals surface area contributed by atoms with E-state index in [2.05, 4.69) is 15.1 Å². The van der Waals surface area contributed by atoms with Crippen LogP contribution in [0.3, 0.4) is 0 Å². The molecule has 0 saturated carbocycles. The van der Waals surface area contributed by atoms with Gasteiger partial charge in [0.15, 0.2) is 0 Å². The van der Waals surface area contributed by atoms with E-state index in [0.717, 1.165) is 24.0 Å². The third-order valence-electron chi connectivity index (χ3n) is 5.32. The van der Waals surface area contributed by atoms with Gasteiger partial charge in [0.25, 0.3) is 0 Å². The Morgan fingerprint density at radius 2 is 1.92 bits per heavy atom. The molecule has 0 aliphatic carbocycles. The van der Waals surface area contributed by atoms with Crippen molar-refractivity contribution in [2.24, 2.45) is 5.92 Å². The largest absolute Gasteiger partial charge is 0.493 e. The van der Waals surface area contributed by atoms with Crippen molar-refractivity contribution in [2.75, 3.05) is 19.7 Å². The maximum absolute atomic E-state index is 6.10. The van der Waals surface area contributed by atoms with Crippen LogP contribution in [0.5, 0.6) is 5.75 Å². The van der Waals surface area contributed by atoms with Crippen molar-refractivity contribution in [2.45, 2.75) is 45.1 Å². The van der Waals surface area contributed by atoms with Gasteiger partial charge in [-0.25, -0.2) is 0 Å². The van der Waals surface area contributed by atoms with Gasteiger partial charge in [-0.15, -0.1) is 10.2 Å². The van der Waals surface area contributed by atoms with Crippen LogP contribution in [0.25, 0.3) is 11.5 Å². The zero-order valence-electron chi connectivity index (χ0n) is 14.3. The Bertz CT molecular complexity index is 666. The highest BCUT2D eigenvalue weighted by molar-refractivity contribution is 5.53. The molecule has 0 radical (unpaired) electrons. The van der Waals surface area contributed by atoms with Crippen molar-refractivity contribution in [1.82, 2.24) is 15.1 Å². The summed E-state index contributed by atoms with van der Waals surface area (Å²) < 4.78 is 11.6. The molecule has 128 valence electrons. The Labute approximate surface area is 143 Å². The van der Waals surface area contributed by atoms with E-state index in [0.29, 0.717) is 17.7 Å². The zero-order valence-corrected chi connectivity index (χ0v) is 14.3. The van der Waals surface area contributed by atoms with E-state index in [9.17, 15) is 0 Å². The van der Waals surface area contributed by atoms with E-state index >= 15 is 0 Å². The summed E-state index contributed by atoms with van der Waals surface area (Å²) >= 11 is 0. The highest BCUT2D eigenvalue weighted by atomic mass is 16.5. The molecule has 1 aromatic carbocycles. The van der Waals surface area contributed by atoms with Gasteiger partial charge in [-0.1, -0.05) is 6.42 Å². The average molecular weight is 327 g/mol. The minimum Gasteiger partial charge on any atom is -0.493 e. The summed E-state index contributed by atoms with van der Waals surface area (Å²) in [5, 5.41) is 7.92. The number of aryl methyl sites for hydroxylation is 1. The molecule has 1 aromatic heterocycles. The fraction of sp³-hybridized carbons (Fsp3) is 0.579. The average Bonchev–Trinajstić information content (AvgIpc) is 3.07. The Balaban J connectivity index is 1.37. The van der Waals surface area contributed by atoms with E-state index in [4.69, 9.17) is 9.15 Å². The molecule has 2 fully saturated rings. The number of hydrogen-bond acceptors (Lipinski definition) is 5. The standard InChI is InChI=1S/C19H25N3O2/c1-14-20-21-19(24-14)15-7-9-17(10-8-15)23-13-16-5-4-12-22-11-3-2-6-18(16)22/h7-10,16,18H,2-6,11-13H2,1H3/t16?,18-/m0/s1. The number of benzene rings is 1. The highest BCUT2D eigenvalue weighted by Crippen LogP contribution is 2.31. The molecule has 24 heavy (non-hydrogen) atoms. The molecular formula is C19H25N3O2. The van der Waals surface area contributed by atoms with E-state index in [1.165, 1.54) is 45.2 Å². The molecule has 4 rings (SSSR count). The van der Waals surface area contributed by atoms with Crippen LogP contribution in [0.15, 0.2) is 28.7 Å². The Hall–Kier alpha value is -1.88. The molecule has 2 aliphatic rings. The maximum atomic E-state index is 6.10. The molecule has 5 nitrogen and oxygen atoms in total. The van der Waals surface area contributed by atoms with Gasteiger partial charge in [0, 0.05) is 24.4 Å². The first-order valence-corrected chi connectivity index (χ1v) is 9.07. The fourth-order valence-electron chi connectivity index (χ4n) is 4.08. The molecule has 2 atom stereocenters. The van der Waals surface area contributed by atoms with Crippen molar-refractivity contribution >= 4 is 0 Å². The molecule has 0 amide bonds. The first-order chi connectivity index (χ1) is 11.8. The Morgan fingerprint density at radius 1 is 1.08 bits per heavy atom. The number of fused-ring (bicyclic) bond motifs is 1. The van der Waals surface area contributed by atoms with Crippen LogP contribution >= 0.6 is 0 Å². The number of aromatic nitrogens is 2. The molecular weight excluding hydrogens is 302 g/mol. The van der Waals surface area contributed by atoms with Gasteiger partial charge in [-0.05, 0) is 63.0 Å². The number of rotatable bonds is 4. The van der Waals surface area contributed by atoms with Gasteiger partial charge >= 0.3 is 0 Å². The molecule has 3 heterocycles. The molecule has 1 unspecified atom stereocenters. The smallest absolute Gasteiger partial charge is 0.247 e. The van der Waals surface area contributed by atoms with Crippen molar-refractivity contribution in [3.8, 4) is 17.2 Å². The van der Waals surface area contributed by atoms with Gasteiger partial charge in [-0.2, -0.15) is 0 Å². The Kier molecular flexibility index (Phi) is 4.52. The lowest BCUT2D eigenvalue weighted by atomic mass is 9.84. The van der Waals surface area contributed by atoms with Crippen molar-refractivity contribution in [3.05, 3.63) is 30.2 Å². The highest BCUT2D eigenvalue weighted by Gasteiger charge is 2.33. The fourth-order valence-corrected chi connectivity index (χ4v) is 4.08. The zero-order chi connectivity index (χ0) is 16.4. The predicted octanol–water partition coefficient (Wildman–Crippen LogP) is 3.69. The third kappa shape index (κ3) is 3.31. The molecule has 2 aromatic rings. The van der Waals surface area contributed by atoms with Crippen LogP contribution in [-0.4, -0.2) is 40.8 Å². The van der Waals surface area contributed by atoms with E-state index in [1.807, 2.05) is 24.3 Å². The third-order valence-corrected chi connectivity index (χ3v) is 5.32.